The zero-order valence-corrected chi connectivity index (χ0v) is 10.3. The van der Waals surface area contributed by atoms with Crippen LogP contribution in [-0.4, -0.2) is 24.4 Å². The van der Waals surface area contributed by atoms with Crippen LogP contribution in [0, 0.1) is 5.92 Å². The molecular formula is C13H24O2. The molecule has 2 rings (SSSR count). The SMILES string of the molecule is CCCC1COC2(C)CCOC12CCC. The predicted molar refractivity (Wildman–Crippen MR) is 61.0 cm³/mol. The number of hydrogen-bond donors (Lipinski definition) is 0. The van der Waals surface area contributed by atoms with Gasteiger partial charge in [-0.1, -0.05) is 26.7 Å². The summed E-state index contributed by atoms with van der Waals surface area (Å²) in [6.45, 7) is 8.55. The zero-order valence-electron chi connectivity index (χ0n) is 10.3. The van der Waals surface area contributed by atoms with Gasteiger partial charge in [0.05, 0.1) is 18.8 Å². The van der Waals surface area contributed by atoms with E-state index in [0.29, 0.717) is 5.92 Å². The van der Waals surface area contributed by atoms with Crippen molar-refractivity contribution >= 4 is 0 Å². The minimum absolute atomic E-state index is 0.00282. The first-order chi connectivity index (χ1) is 7.18. The molecular weight excluding hydrogens is 188 g/mol. The van der Waals surface area contributed by atoms with Gasteiger partial charge in [-0.2, -0.15) is 0 Å². The number of rotatable bonds is 4. The second kappa shape index (κ2) is 4.06. The van der Waals surface area contributed by atoms with Gasteiger partial charge >= 0.3 is 0 Å². The average molecular weight is 212 g/mol. The molecule has 0 radical (unpaired) electrons. The molecule has 2 aliphatic rings. The molecule has 3 unspecified atom stereocenters. The molecule has 0 N–H and O–H groups in total. The van der Waals surface area contributed by atoms with Crippen molar-refractivity contribution in [3.05, 3.63) is 0 Å². The third kappa shape index (κ3) is 1.53. The highest BCUT2D eigenvalue weighted by atomic mass is 16.6. The van der Waals surface area contributed by atoms with E-state index in [-0.39, 0.29) is 11.2 Å². The molecule has 88 valence electrons. The largest absolute Gasteiger partial charge is 0.372 e. The second-order valence-electron chi connectivity index (χ2n) is 5.27. The van der Waals surface area contributed by atoms with E-state index in [9.17, 15) is 0 Å². The van der Waals surface area contributed by atoms with Crippen LogP contribution < -0.4 is 0 Å². The van der Waals surface area contributed by atoms with Crippen LogP contribution in [0.3, 0.4) is 0 Å². The summed E-state index contributed by atoms with van der Waals surface area (Å²) in [6, 6.07) is 0. The fraction of sp³-hybridized carbons (Fsp3) is 1.00. The maximum absolute atomic E-state index is 6.15. The van der Waals surface area contributed by atoms with Crippen LogP contribution in [0.5, 0.6) is 0 Å². The molecule has 0 aliphatic carbocycles. The van der Waals surface area contributed by atoms with Gasteiger partial charge in [-0.05, 0) is 19.8 Å². The summed E-state index contributed by atoms with van der Waals surface area (Å²) in [4.78, 5) is 0. The summed E-state index contributed by atoms with van der Waals surface area (Å²) < 4.78 is 12.2. The molecule has 0 aromatic carbocycles. The highest BCUT2D eigenvalue weighted by Gasteiger charge is 2.61. The summed E-state index contributed by atoms with van der Waals surface area (Å²) in [7, 11) is 0. The van der Waals surface area contributed by atoms with Crippen LogP contribution in [-0.2, 0) is 9.47 Å². The Morgan fingerprint density at radius 1 is 1.20 bits per heavy atom. The summed E-state index contributed by atoms with van der Waals surface area (Å²) in [5.41, 5.74) is 0.0423. The van der Waals surface area contributed by atoms with Crippen molar-refractivity contribution in [2.45, 2.75) is 64.1 Å². The average Bonchev–Trinajstić information content (AvgIpc) is 2.63. The predicted octanol–water partition coefficient (Wildman–Crippen LogP) is 3.15. The van der Waals surface area contributed by atoms with Gasteiger partial charge in [0.2, 0.25) is 0 Å². The molecule has 2 fully saturated rings. The Morgan fingerprint density at radius 3 is 2.67 bits per heavy atom. The number of ether oxygens (including phenoxy) is 2. The molecule has 0 aromatic heterocycles. The lowest BCUT2D eigenvalue weighted by atomic mass is 9.73. The van der Waals surface area contributed by atoms with Gasteiger partial charge in [-0.3, -0.25) is 0 Å². The van der Waals surface area contributed by atoms with Crippen LogP contribution in [0.15, 0.2) is 0 Å². The molecule has 3 atom stereocenters. The van der Waals surface area contributed by atoms with Crippen LogP contribution in [0.2, 0.25) is 0 Å². The standard InChI is InChI=1S/C13H24O2/c1-4-6-11-10-15-12(3)8-9-14-13(11,12)7-5-2/h11H,4-10H2,1-3H3. The van der Waals surface area contributed by atoms with Crippen molar-refractivity contribution in [2.24, 2.45) is 5.92 Å². The van der Waals surface area contributed by atoms with E-state index in [1.807, 2.05) is 0 Å². The van der Waals surface area contributed by atoms with E-state index < -0.39 is 0 Å². The van der Waals surface area contributed by atoms with Crippen LogP contribution in [0.4, 0.5) is 0 Å². The summed E-state index contributed by atoms with van der Waals surface area (Å²) >= 11 is 0. The Hall–Kier alpha value is -0.0800. The van der Waals surface area contributed by atoms with Crippen molar-refractivity contribution in [2.75, 3.05) is 13.2 Å². The quantitative estimate of drug-likeness (QED) is 0.712. The molecule has 0 bridgehead atoms. The Labute approximate surface area is 93.3 Å². The normalized spacial score (nSPS) is 44.6. The molecule has 0 spiro atoms. The monoisotopic (exact) mass is 212 g/mol. The van der Waals surface area contributed by atoms with Gasteiger partial charge < -0.3 is 9.47 Å². The second-order valence-corrected chi connectivity index (χ2v) is 5.27. The van der Waals surface area contributed by atoms with Crippen molar-refractivity contribution < 1.29 is 9.47 Å². The lowest BCUT2D eigenvalue weighted by molar-refractivity contribution is -0.0948. The maximum atomic E-state index is 6.15. The van der Waals surface area contributed by atoms with Gasteiger partial charge in [0.15, 0.2) is 0 Å². The molecule has 2 saturated heterocycles. The first-order valence-corrected chi connectivity index (χ1v) is 6.46. The minimum Gasteiger partial charge on any atom is -0.372 e. The molecule has 2 heteroatoms. The van der Waals surface area contributed by atoms with E-state index in [1.165, 1.54) is 19.3 Å². The zero-order chi connectivity index (χ0) is 10.9. The van der Waals surface area contributed by atoms with Crippen molar-refractivity contribution in [1.82, 2.24) is 0 Å². The highest BCUT2D eigenvalue weighted by Crippen LogP contribution is 2.53. The number of hydrogen-bond acceptors (Lipinski definition) is 2. The van der Waals surface area contributed by atoms with E-state index in [0.717, 1.165) is 26.1 Å². The van der Waals surface area contributed by atoms with E-state index in [4.69, 9.17) is 9.47 Å². The Kier molecular flexibility index (Phi) is 3.09. The lowest BCUT2D eigenvalue weighted by Gasteiger charge is -2.38. The molecule has 2 heterocycles. The maximum Gasteiger partial charge on any atom is 0.102 e. The summed E-state index contributed by atoms with van der Waals surface area (Å²) in [6.07, 6.45) is 5.91. The Balaban J connectivity index is 2.22. The molecule has 0 amide bonds. The Bertz CT molecular complexity index is 229. The molecule has 2 nitrogen and oxygen atoms in total. The van der Waals surface area contributed by atoms with E-state index in [2.05, 4.69) is 20.8 Å². The van der Waals surface area contributed by atoms with Crippen LogP contribution >= 0.6 is 0 Å². The third-order valence-corrected chi connectivity index (χ3v) is 4.36. The van der Waals surface area contributed by atoms with Gasteiger partial charge in [0.25, 0.3) is 0 Å². The lowest BCUT2D eigenvalue weighted by Crippen LogP contribution is -2.49. The smallest absolute Gasteiger partial charge is 0.102 e. The fourth-order valence-electron chi connectivity index (χ4n) is 3.53. The third-order valence-electron chi connectivity index (χ3n) is 4.36. The number of fused-ring (bicyclic) bond motifs is 1. The molecule has 0 aromatic rings. The molecule has 0 saturated carbocycles. The Morgan fingerprint density at radius 2 is 2.00 bits per heavy atom. The van der Waals surface area contributed by atoms with Crippen LogP contribution in [0.25, 0.3) is 0 Å². The van der Waals surface area contributed by atoms with Crippen molar-refractivity contribution in [1.29, 1.82) is 0 Å². The molecule has 15 heavy (non-hydrogen) atoms. The topological polar surface area (TPSA) is 18.5 Å². The fourth-order valence-corrected chi connectivity index (χ4v) is 3.53. The summed E-state index contributed by atoms with van der Waals surface area (Å²) in [5.74, 6) is 0.620. The molecule has 2 aliphatic heterocycles. The van der Waals surface area contributed by atoms with Gasteiger partial charge in [-0.25, -0.2) is 0 Å². The first-order valence-electron chi connectivity index (χ1n) is 6.46. The van der Waals surface area contributed by atoms with Gasteiger partial charge in [-0.15, -0.1) is 0 Å². The van der Waals surface area contributed by atoms with E-state index in [1.54, 1.807) is 0 Å². The van der Waals surface area contributed by atoms with Crippen molar-refractivity contribution in [3.63, 3.8) is 0 Å². The van der Waals surface area contributed by atoms with Crippen molar-refractivity contribution in [3.8, 4) is 0 Å². The van der Waals surface area contributed by atoms with E-state index >= 15 is 0 Å². The minimum atomic E-state index is 0.00282. The highest BCUT2D eigenvalue weighted by molar-refractivity contribution is 5.11. The van der Waals surface area contributed by atoms with Gasteiger partial charge in [0.1, 0.15) is 5.60 Å². The van der Waals surface area contributed by atoms with Gasteiger partial charge in [0, 0.05) is 12.3 Å². The van der Waals surface area contributed by atoms with Crippen LogP contribution in [0.1, 0.15) is 52.9 Å². The summed E-state index contributed by atoms with van der Waals surface area (Å²) in [5, 5.41) is 0. The first kappa shape index (κ1) is 11.4.